The molecule has 0 aliphatic rings. The number of amides is 2. The smallest absolute Gasteiger partial charge is 0.321 e. The number of ether oxygens (including phenoxy) is 2. The van der Waals surface area contributed by atoms with E-state index in [0.29, 0.717) is 37.9 Å². The molecule has 0 aliphatic heterocycles. The van der Waals surface area contributed by atoms with Gasteiger partial charge in [-0.05, 0) is 19.9 Å². The lowest BCUT2D eigenvalue weighted by atomic mass is 10.4. The summed E-state index contributed by atoms with van der Waals surface area (Å²) in [6.45, 7) is 6.20. The average Bonchev–Trinajstić information content (AvgIpc) is 2.42. The molecule has 0 spiro atoms. The fourth-order valence-electron chi connectivity index (χ4n) is 1.48. The minimum atomic E-state index is -0.125. The van der Waals surface area contributed by atoms with Gasteiger partial charge >= 0.3 is 6.03 Å². The Morgan fingerprint density at radius 2 is 2.05 bits per heavy atom. The van der Waals surface area contributed by atoms with E-state index in [4.69, 9.17) is 9.47 Å². The van der Waals surface area contributed by atoms with Crippen molar-refractivity contribution in [1.29, 1.82) is 0 Å². The molecule has 0 aliphatic carbocycles. The Balaban J connectivity index is 2.49. The average molecular weight is 267 g/mol. The van der Waals surface area contributed by atoms with Crippen molar-refractivity contribution in [2.75, 3.05) is 38.7 Å². The number of nitrogens with zero attached hydrogens (tertiary/aromatic N) is 2. The summed E-state index contributed by atoms with van der Waals surface area (Å²) in [5, 5.41) is 2.78. The zero-order valence-electron chi connectivity index (χ0n) is 11.7. The minimum absolute atomic E-state index is 0.125. The minimum Gasteiger partial charge on any atom is -0.475 e. The van der Waals surface area contributed by atoms with Gasteiger partial charge in [0.05, 0.1) is 18.5 Å². The quantitative estimate of drug-likeness (QED) is 0.767. The number of pyridine rings is 1. The number of carbonyl (C=O) groups excluding carboxylic acids is 1. The van der Waals surface area contributed by atoms with E-state index in [-0.39, 0.29) is 6.03 Å². The first-order valence-electron chi connectivity index (χ1n) is 6.35. The van der Waals surface area contributed by atoms with Gasteiger partial charge < -0.3 is 19.7 Å². The summed E-state index contributed by atoms with van der Waals surface area (Å²) in [7, 11) is 1.61. The summed E-state index contributed by atoms with van der Waals surface area (Å²) in [5.41, 5.74) is 0.649. The second-order valence-corrected chi connectivity index (χ2v) is 3.83. The molecule has 0 radical (unpaired) electrons. The van der Waals surface area contributed by atoms with Crippen LogP contribution in [0.3, 0.4) is 0 Å². The third-order valence-corrected chi connectivity index (χ3v) is 2.58. The molecule has 106 valence electrons. The highest BCUT2D eigenvalue weighted by Gasteiger charge is 2.09. The predicted octanol–water partition coefficient (Wildman–Crippen LogP) is 1.98. The highest BCUT2D eigenvalue weighted by atomic mass is 16.5. The van der Waals surface area contributed by atoms with Crippen molar-refractivity contribution in [2.24, 2.45) is 0 Å². The summed E-state index contributed by atoms with van der Waals surface area (Å²) >= 11 is 0. The summed E-state index contributed by atoms with van der Waals surface area (Å²) in [5.74, 6) is 0.512. The van der Waals surface area contributed by atoms with Crippen molar-refractivity contribution in [3.8, 4) is 5.88 Å². The Hall–Kier alpha value is -1.82. The Morgan fingerprint density at radius 1 is 1.32 bits per heavy atom. The Bertz CT molecular complexity index is 377. The van der Waals surface area contributed by atoms with Gasteiger partial charge in [0.15, 0.2) is 0 Å². The van der Waals surface area contributed by atoms with E-state index in [1.165, 1.54) is 0 Å². The molecule has 19 heavy (non-hydrogen) atoms. The van der Waals surface area contributed by atoms with E-state index < -0.39 is 0 Å². The summed E-state index contributed by atoms with van der Waals surface area (Å²) < 4.78 is 10.2. The molecule has 0 saturated carbocycles. The van der Waals surface area contributed by atoms with Gasteiger partial charge in [-0.3, -0.25) is 0 Å². The van der Waals surface area contributed by atoms with Gasteiger partial charge in [-0.25, -0.2) is 9.78 Å². The monoisotopic (exact) mass is 267 g/mol. The second-order valence-electron chi connectivity index (χ2n) is 3.83. The van der Waals surface area contributed by atoms with Crippen molar-refractivity contribution in [2.45, 2.75) is 13.8 Å². The van der Waals surface area contributed by atoms with Crippen molar-refractivity contribution in [1.82, 2.24) is 9.88 Å². The lowest BCUT2D eigenvalue weighted by Crippen LogP contribution is -2.34. The molecular weight excluding hydrogens is 246 g/mol. The molecule has 0 saturated heterocycles. The van der Waals surface area contributed by atoms with Gasteiger partial charge in [0, 0.05) is 26.3 Å². The molecule has 6 heteroatoms. The first-order chi connectivity index (χ1) is 9.21. The zero-order valence-corrected chi connectivity index (χ0v) is 11.7. The van der Waals surface area contributed by atoms with Crippen LogP contribution in [0.5, 0.6) is 5.88 Å². The number of anilines is 1. The van der Waals surface area contributed by atoms with Crippen LogP contribution in [-0.2, 0) is 4.74 Å². The van der Waals surface area contributed by atoms with Crippen LogP contribution in [0.15, 0.2) is 18.3 Å². The Morgan fingerprint density at radius 3 is 2.58 bits per heavy atom. The van der Waals surface area contributed by atoms with Gasteiger partial charge in [0.1, 0.15) is 6.61 Å². The zero-order chi connectivity index (χ0) is 14.1. The third-order valence-electron chi connectivity index (χ3n) is 2.58. The summed E-state index contributed by atoms with van der Waals surface area (Å²) in [6.07, 6.45) is 1.57. The van der Waals surface area contributed by atoms with Crippen molar-refractivity contribution >= 4 is 11.7 Å². The van der Waals surface area contributed by atoms with Gasteiger partial charge in [0.25, 0.3) is 0 Å². The van der Waals surface area contributed by atoms with Crippen LogP contribution in [0.2, 0.25) is 0 Å². The summed E-state index contributed by atoms with van der Waals surface area (Å²) in [6, 6.07) is 3.35. The van der Waals surface area contributed by atoms with Gasteiger partial charge in [-0.15, -0.1) is 0 Å². The molecule has 1 aromatic rings. The molecule has 0 aromatic carbocycles. The first-order valence-corrected chi connectivity index (χ1v) is 6.35. The molecule has 0 fully saturated rings. The van der Waals surface area contributed by atoms with Crippen LogP contribution in [-0.4, -0.2) is 49.3 Å². The van der Waals surface area contributed by atoms with Gasteiger partial charge in [0.2, 0.25) is 5.88 Å². The molecule has 2 amide bonds. The van der Waals surface area contributed by atoms with E-state index >= 15 is 0 Å². The molecule has 1 aromatic heterocycles. The molecule has 1 heterocycles. The highest BCUT2D eigenvalue weighted by molar-refractivity contribution is 5.89. The van der Waals surface area contributed by atoms with E-state index in [9.17, 15) is 4.79 Å². The van der Waals surface area contributed by atoms with E-state index in [0.717, 1.165) is 0 Å². The van der Waals surface area contributed by atoms with Crippen LogP contribution < -0.4 is 10.1 Å². The molecule has 6 nitrogen and oxygen atoms in total. The molecule has 1 rings (SSSR count). The molecule has 0 bridgehead atoms. The standard InChI is InChI=1S/C13H21N3O3/c1-4-16(5-2)13(17)15-11-6-7-12(14-10-11)19-9-8-18-3/h6-7,10H,4-5,8-9H2,1-3H3,(H,15,17). The summed E-state index contributed by atoms with van der Waals surface area (Å²) in [4.78, 5) is 17.6. The maximum Gasteiger partial charge on any atom is 0.321 e. The number of methoxy groups -OCH3 is 1. The van der Waals surface area contributed by atoms with Crippen LogP contribution in [0.1, 0.15) is 13.8 Å². The number of aromatic nitrogens is 1. The molecule has 0 unspecified atom stereocenters. The Kier molecular flexibility index (Phi) is 6.67. The van der Waals surface area contributed by atoms with Crippen LogP contribution >= 0.6 is 0 Å². The van der Waals surface area contributed by atoms with Crippen LogP contribution in [0.25, 0.3) is 0 Å². The van der Waals surface area contributed by atoms with E-state index in [1.807, 2.05) is 13.8 Å². The van der Waals surface area contributed by atoms with Gasteiger partial charge in [-0.2, -0.15) is 0 Å². The largest absolute Gasteiger partial charge is 0.475 e. The van der Waals surface area contributed by atoms with Gasteiger partial charge in [-0.1, -0.05) is 0 Å². The lowest BCUT2D eigenvalue weighted by Gasteiger charge is -2.19. The molecular formula is C13H21N3O3. The molecule has 0 atom stereocenters. The molecule has 1 N–H and O–H groups in total. The Labute approximate surface area is 113 Å². The first kappa shape index (κ1) is 15.2. The highest BCUT2D eigenvalue weighted by Crippen LogP contribution is 2.12. The van der Waals surface area contributed by atoms with Crippen LogP contribution in [0.4, 0.5) is 10.5 Å². The fraction of sp³-hybridized carbons (Fsp3) is 0.538. The van der Waals surface area contributed by atoms with E-state index in [2.05, 4.69) is 10.3 Å². The van der Waals surface area contributed by atoms with E-state index in [1.54, 1.807) is 30.3 Å². The number of hydrogen-bond acceptors (Lipinski definition) is 4. The predicted molar refractivity (Wildman–Crippen MR) is 73.5 cm³/mol. The van der Waals surface area contributed by atoms with Crippen molar-refractivity contribution in [3.63, 3.8) is 0 Å². The second kappa shape index (κ2) is 8.31. The third kappa shape index (κ3) is 5.13. The number of rotatable bonds is 7. The normalized spacial score (nSPS) is 10.1. The number of carbonyl (C=O) groups is 1. The number of hydrogen-bond donors (Lipinski definition) is 1. The lowest BCUT2D eigenvalue weighted by molar-refractivity contribution is 0.144. The SMILES string of the molecule is CCN(CC)C(=O)Nc1ccc(OCCOC)nc1. The number of urea groups is 1. The van der Waals surface area contributed by atoms with Crippen LogP contribution in [0, 0.1) is 0 Å². The fourth-order valence-corrected chi connectivity index (χ4v) is 1.48. The van der Waals surface area contributed by atoms with Crippen molar-refractivity contribution < 1.29 is 14.3 Å². The maximum atomic E-state index is 11.8. The topological polar surface area (TPSA) is 63.7 Å². The number of nitrogens with one attached hydrogen (secondary N) is 1. The maximum absolute atomic E-state index is 11.8. The van der Waals surface area contributed by atoms with Crippen molar-refractivity contribution in [3.05, 3.63) is 18.3 Å².